The number of fused-ring (bicyclic) bond motifs is 9. The Bertz CT molecular complexity index is 2860. The summed E-state index contributed by atoms with van der Waals surface area (Å²) in [6, 6.07) is 61.5. The number of hydrogen-bond acceptors (Lipinski definition) is 1. The van der Waals surface area contributed by atoms with Gasteiger partial charge in [-0.3, -0.25) is 9.13 Å². The molecule has 4 aromatic heterocycles. The third kappa shape index (κ3) is 3.52. The zero-order chi connectivity index (χ0) is 32.8. The lowest BCUT2D eigenvalue weighted by Gasteiger charge is -2.33. The predicted molar refractivity (Wildman–Crippen MR) is 205 cm³/mol. The highest BCUT2D eigenvalue weighted by atomic mass is 15.1. The molecule has 6 aromatic carbocycles. The molecule has 0 radical (unpaired) electrons. The van der Waals surface area contributed by atoms with Gasteiger partial charge in [0.25, 0.3) is 0 Å². The van der Waals surface area contributed by atoms with Crippen LogP contribution in [0.4, 0.5) is 0 Å². The van der Waals surface area contributed by atoms with Crippen molar-refractivity contribution in [3.05, 3.63) is 198 Å². The molecule has 0 aliphatic heterocycles. The molecule has 4 heterocycles. The Balaban J connectivity index is 1.23. The van der Waals surface area contributed by atoms with Crippen LogP contribution in [0, 0.1) is 0 Å². The molecule has 4 heteroatoms. The monoisotopic (exact) mass is 638 g/mol. The molecule has 0 amide bonds. The van der Waals surface area contributed by atoms with Gasteiger partial charge in [0.15, 0.2) is 0 Å². The molecule has 11 rings (SSSR count). The summed E-state index contributed by atoms with van der Waals surface area (Å²) in [5.74, 6) is 0.904. The molecule has 0 spiro atoms. The molecule has 4 nitrogen and oxygen atoms in total. The number of aromatic amines is 1. The molecule has 1 aliphatic rings. The molecule has 0 saturated heterocycles. The highest BCUT2D eigenvalue weighted by Crippen LogP contribution is 2.56. The highest BCUT2D eigenvalue weighted by molar-refractivity contribution is 6.09. The zero-order valence-electron chi connectivity index (χ0n) is 27.1. The quantitative estimate of drug-likeness (QED) is 0.205. The van der Waals surface area contributed by atoms with Crippen LogP contribution in [0.25, 0.3) is 66.4 Å². The first-order valence-electron chi connectivity index (χ1n) is 17.2. The smallest absolute Gasteiger partial charge is 0.137 e. The maximum Gasteiger partial charge on any atom is 0.137 e. The Hall–Kier alpha value is -6.65. The maximum atomic E-state index is 5.68. The maximum absolute atomic E-state index is 5.68. The van der Waals surface area contributed by atoms with Gasteiger partial charge in [-0.1, -0.05) is 121 Å². The van der Waals surface area contributed by atoms with E-state index in [2.05, 4.69) is 184 Å². The fraction of sp³-hybridized carbons (Fsp3) is 0.0217. The van der Waals surface area contributed by atoms with Crippen molar-refractivity contribution in [3.8, 4) is 22.6 Å². The summed E-state index contributed by atoms with van der Waals surface area (Å²) in [5, 5.41) is 4.91. The molecule has 50 heavy (non-hydrogen) atoms. The van der Waals surface area contributed by atoms with Crippen molar-refractivity contribution in [1.29, 1.82) is 0 Å². The lowest BCUT2D eigenvalue weighted by atomic mass is 9.69. The van der Waals surface area contributed by atoms with E-state index in [0.717, 1.165) is 33.9 Å². The topological polar surface area (TPSA) is 38.5 Å². The summed E-state index contributed by atoms with van der Waals surface area (Å²) in [7, 11) is 0. The summed E-state index contributed by atoms with van der Waals surface area (Å²) < 4.78 is 4.68. The molecular weight excluding hydrogens is 609 g/mol. The van der Waals surface area contributed by atoms with Gasteiger partial charge in [0.05, 0.1) is 27.7 Å². The molecule has 0 bridgehead atoms. The number of pyridine rings is 1. The third-order valence-electron chi connectivity index (χ3n) is 10.8. The van der Waals surface area contributed by atoms with Crippen LogP contribution in [0.15, 0.2) is 176 Å². The van der Waals surface area contributed by atoms with Gasteiger partial charge in [-0.15, -0.1) is 0 Å². The molecule has 0 unspecified atom stereocenters. The molecule has 0 fully saturated rings. The number of benzene rings is 6. The van der Waals surface area contributed by atoms with E-state index in [1.807, 2.05) is 6.20 Å². The fourth-order valence-electron chi connectivity index (χ4n) is 8.82. The molecule has 1 N–H and O–H groups in total. The Morgan fingerprint density at radius 2 is 1.02 bits per heavy atom. The Morgan fingerprint density at radius 3 is 1.70 bits per heavy atom. The van der Waals surface area contributed by atoms with Gasteiger partial charge in [0.2, 0.25) is 0 Å². The average molecular weight is 639 g/mol. The van der Waals surface area contributed by atoms with Crippen molar-refractivity contribution in [2.24, 2.45) is 0 Å². The number of H-pyrrole nitrogens is 1. The average Bonchev–Trinajstić information content (AvgIpc) is 3.93. The van der Waals surface area contributed by atoms with Gasteiger partial charge in [0.1, 0.15) is 11.5 Å². The second kappa shape index (κ2) is 10.2. The minimum Gasteiger partial charge on any atom is -0.347 e. The molecule has 234 valence electrons. The van der Waals surface area contributed by atoms with Crippen molar-refractivity contribution < 1.29 is 0 Å². The van der Waals surface area contributed by atoms with E-state index >= 15 is 0 Å². The van der Waals surface area contributed by atoms with E-state index < -0.39 is 5.41 Å². The van der Waals surface area contributed by atoms with Crippen LogP contribution in [0.1, 0.15) is 22.4 Å². The minimum absolute atomic E-state index is 0.657. The molecule has 10 aromatic rings. The van der Waals surface area contributed by atoms with Crippen LogP contribution in [0.3, 0.4) is 0 Å². The molecule has 1 aliphatic carbocycles. The zero-order valence-corrected chi connectivity index (χ0v) is 27.1. The number of nitrogens with one attached hydrogen (secondary N) is 1. The number of rotatable bonds is 4. The Labute approximate surface area is 288 Å². The molecular formula is C46H30N4. The second-order valence-electron chi connectivity index (χ2n) is 13.2. The standard InChI is InChI=1S/C46H30N4/c1-6-20-38-32(15-1)33-16-2-7-21-39(33)46(38,30-13-11-14-31(29-30)49-40-22-8-5-19-36(40)37-27-28-47-45(37)49)43-25-12-26-44(48-43)50-41-23-9-3-17-34(41)35-18-4-10-24-42(35)50/h1-29,47H. The van der Waals surface area contributed by atoms with E-state index in [0.29, 0.717) is 0 Å². The van der Waals surface area contributed by atoms with Gasteiger partial charge in [-0.05, 0) is 76.3 Å². The van der Waals surface area contributed by atoms with Gasteiger partial charge in [0, 0.05) is 33.4 Å². The summed E-state index contributed by atoms with van der Waals surface area (Å²) >= 11 is 0. The van der Waals surface area contributed by atoms with Crippen molar-refractivity contribution >= 4 is 43.7 Å². The number of hydrogen-bond donors (Lipinski definition) is 1. The van der Waals surface area contributed by atoms with Crippen molar-refractivity contribution in [2.75, 3.05) is 0 Å². The first-order chi connectivity index (χ1) is 24.8. The van der Waals surface area contributed by atoms with Crippen molar-refractivity contribution in [1.82, 2.24) is 19.1 Å². The van der Waals surface area contributed by atoms with E-state index in [9.17, 15) is 0 Å². The summed E-state index contributed by atoms with van der Waals surface area (Å²) in [6.07, 6.45) is 2.03. The van der Waals surface area contributed by atoms with Crippen LogP contribution in [-0.4, -0.2) is 19.1 Å². The van der Waals surface area contributed by atoms with E-state index in [1.165, 1.54) is 54.9 Å². The first kappa shape index (κ1) is 27.3. The minimum atomic E-state index is -0.657. The molecule has 0 atom stereocenters. The van der Waals surface area contributed by atoms with Crippen LogP contribution in [-0.2, 0) is 5.41 Å². The SMILES string of the molecule is c1cc(-n2c3ccccc3c3cc[nH]c32)cc(C2(c3cccc(-n4c5ccccc5c5ccccc54)n3)c3ccccc3-c3ccccc32)c1. The predicted octanol–water partition coefficient (Wildman–Crippen LogP) is 11.0. The summed E-state index contributed by atoms with van der Waals surface area (Å²) in [4.78, 5) is 9.22. The van der Waals surface area contributed by atoms with Crippen molar-refractivity contribution in [2.45, 2.75) is 5.41 Å². The van der Waals surface area contributed by atoms with Gasteiger partial charge < -0.3 is 4.98 Å². The first-order valence-corrected chi connectivity index (χ1v) is 17.2. The van der Waals surface area contributed by atoms with Gasteiger partial charge >= 0.3 is 0 Å². The molecule has 0 saturated carbocycles. The van der Waals surface area contributed by atoms with Gasteiger partial charge in [-0.2, -0.15) is 0 Å². The normalized spacial score (nSPS) is 13.4. The lowest BCUT2D eigenvalue weighted by Crippen LogP contribution is -2.30. The third-order valence-corrected chi connectivity index (χ3v) is 10.8. The largest absolute Gasteiger partial charge is 0.347 e. The van der Waals surface area contributed by atoms with E-state index in [1.54, 1.807) is 0 Å². The fourth-order valence-corrected chi connectivity index (χ4v) is 8.82. The van der Waals surface area contributed by atoms with E-state index in [4.69, 9.17) is 4.98 Å². The van der Waals surface area contributed by atoms with Crippen molar-refractivity contribution in [3.63, 3.8) is 0 Å². The van der Waals surface area contributed by atoms with Crippen LogP contribution in [0.5, 0.6) is 0 Å². The van der Waals surface area contributed by atoms with E-state index in [-0.39, 0.29) is 0 Å². The highest BCUT2D eigenvalue weighted by Gasteiger charge is 2.47. The number of aromatic nitrogens is 4. The Morgan fingerprint density at radius 1 is 0.460 bits per heavy atom. The summed E-state index contributed by atoms with van der Waals surface area (Å²) in [6.45, 7) is 0. The van der Waals surface area contributed by atoms with Crippen LogP contribution < -0.4 is 0 Å². The van der Waals surface area contributed by atoms with Crippen LogP contribution in [0.2, 0.25) is 0 Å². The Kier molecular flexibility index (Phi) is 5.56. The second-order valence-corrected chi connectivity index (χ2v) is 13.2. The van der Waals surface area contributed by atoms with Gasteiger partial charge in [-0.25, -0.2) is 4.98 Å². The van der Waals surface area contributed by atoms with Crippen LogP contribution >= 0.6 is 0 Å². The lowest BCUT2D eigenvalue weighted by molar-refractivity contribution is 0.729. The summed E-state index contributed by atoms with van der Waals surface area (Å²) in [5.41, 5.74) is 12.2. The number of para-hydroxylation sites is 3. The number of nitrogens with zero attached hydrogens (tertiary/aromatic N) is 3.